The van der Waals surface area contributed by atoms with E-state index in [4.69, 9.17) is 0 Å². The highest BCUT2D eigenvalue weighted by molar-refractivity contribution is 7.14. The number of amides is 1. The Morgan fingerprint density at radius 1 is 1.25 bits per heavy atom. The van der Waals surface area contributed by atoms with Crippen LogP contribution in [0.15, 0.2) is 30.5 Å². The molecule has 0 atom stereocenters. The van der Waals surface area contributed by atoms with E-state index in [1.807, 2.05) is 31.2 Å². The number of aryl methyl sites for hydroxylation is 1. The topological polar surface area (TPSA) is 45.2 Å². The third-order valence-electron chi connectivity index (χ3n) is 3.40. The molecule has 4 nitrogen and oxygen atoms in total. The summed E-state index contributed by atoms with van der Waals surface area (Å²) >= 11 is 1.50. The van der Waals surface area contributed by atoms with Crippen LogP contribution in [0.3, 0.4) is 0 Å². The smallest absolute Gasteiger partial charge is 0.265 e. The predicted molar refractivity (Wildman–Crippen MR) is 82.7 cm³/mol. The molecule has 0 spiro atoms. The molecule has 0 aromatic carbocycles. The number of carbonyl (C=O) groups is 1. The van der Waals surface area contributed by atoms with Gasteiger partial charge in [0.25, 0.3) is 5.91 Å². The lowest BCUT2D eigenvalue weighted by molar-refractivity contribution is 0.103. The summed E-state index contributed by atoms with van der Waals surface area (Å²) in [5, 5.41) is 2.88. The van der Waals surface area contributed by atoms with Crippen molar-refractivity contribution in [2.24, 2.45) is 0 Å². The van der Waals surface area contributed by atoms with E-state index in [0.29, 0.717) is 0 Å². The number of hydrogen-bond acceptors (Lipinski definition) is 4. The first kappa shape index (κ1) is 13.1. The molecule has 0 bridgehead atoms. The second-order valence-corrected chi connectivity index (χ2v) is 6.25. The molecular weight excluding hydrogens is 270 g/mol. The van der Waals surface area contributed by atoms with Crippen LogP contribution in [-0.4, -0.2) is 24.0 Å². The van der Waals surface area contributed by atoms with Crippen molar-refractivity contribution in [3.63, 3.8) is 0 Å². The predicted octanol–water partition coefficient (Wildman–Crippen LogP) is 3.30. The zero-order valence-corrected chi connectivity index (χ0v) is 12.2. The molecule has 3 heterocycles. The summed E-state index contributed by atoms with van der Waals surface area (Å²) in [5.74, 6) is 0.922. The minimum atomic E-state index is -0.0705. The Hall–Kier alpha value is -1.88. The molecule has 104 valence electrons. The van der Waals surface area contributed by atoms with Gasteiger partial charge in [0.05, 0.1) is 16.8 Å². The standard InChI is InChI=1S/C15H17N3OS/c1-11-4-6-13(20-11)15(19)17-12-5-7-14(16-10-12)18-8-2-3-9-18/h4-7,10H,2-3,8-9H2,1H3,(H,17,19). The maximum atomic E-state index is 12.0. The fourth-order valence-electron chi connectivity index (χ4n) is 2.34. The van der Waals surface area contributed by atoms with Gasteiger partial charge in [-0.05, 0) is 44.0 Å². The van der Waals surface area contributed by atoms with Crippen molar-refractivity contribution < 1.29 is 4.79 Å². The maximum Gasteiger partial charge on any atom is 0.265 e. The van der Waals surface area contributed by atoms with Crippen molar-refractivity contribution in [3.05, 3.63) is 40.2 Å². The Morgan fingerprint density at radius 2 is 2.05 bits per heavy atom. The average Bonchev–Trinajstić information content (AvgIpc) is 3.10. The summed E-state index contributed by atoms with van der Waals surface area (Å²) in [7, 11) is 0. The van der Waals surface area contributed by atoms with Crippen molar-refractivity contribution in [3.8, 4) is 0 Å². The van der Waals surface area contributed by atoms with E-state index in [2.05, 4.69) is 15.2 Å². The summed E-state index contributed by atoms with van der Waals surface area (Å²) in [5.41, 5.74) is 0.740. The van der Waals surface area contributed by atoms with Crippen molar-refractivity contribution in [2.45, 2.75) is 19.8 Å². The Morgan fingerprint density at radius 3 is 2.65 bits per heavy atom. The first-order valence-corrected chi connectivity index (χ1v) is 7.63. The fraction of sp³-hybridized carbons (Fsp3) is 0.333. The van der Waals surface area contributed by atoms with Crippen LogP contribution >= 0.6 is 11.3 Å². The fourth-order valence-corrected chi connectivity index (χ4v) is 3.11. The van der Waals surface area contributed by atoms with Gasteiger partial charge in [-0.15, -0.1) is 11.3 Å². The van der Waals surface area contributed by atoms with E-state index in [9.17, 15) is 4.79 Å². The van der Waals surface area contributed by atoms with E-state index in [0.717, 1.165) is 34.3 Å². The molecule has 0 saturated carbocycles. The maximum absolute atomic E-state index is 12.0. The molecule has 3 rings (SSSR count). The summed E-state index contributed by atoms with van der Waals surface area (Å²) in [6.45, 7) is 4.15. The van der Waals surface area contributed by atoms with Gasteiger partial charge in [0.15, 0.2) is 0 Å². The van der Waals surface area contributed by atoms with Crippen LogP contribution in [-0.2, 0) is 0 Å². The molecule has 1 N–H and O–H groups in total. The molecule has 2 aromatic heterocycles. The number of rotatable bonds is 3. The molecule has 2 aromatic rings. The van der Waals surface area contributed by atoms with Gasteiger partial charge in [-0.2, -0.15) is 0 Å². The highest BCUT2D eigenvalue weighted by Crippen LogP contribution is 2.20. The number of nitrogens with one attached hydrogen (secondary N) is 1. The first-order chi connectivity index (χ1) is 9.72. The molecule has 1 aliphatic rings. The van der Waals surface area contributed by atoms with Gasteiger partial charge in [-0.1, -0.05) is 0 Å². The number of nitrogens with zero attached hydrogens (tertiary/aromatic N) is 2. The third-order valence-corrected chi connectivity index (χ3v) is 4.40. The van der Waals surface area contributed by atoms with Crippen molar-refractivity contribution >= 4 is 28.7 Å². The van der Waals surface area contributed by atoms with E-state index in [-0.39, 0.29) is 5.91 Å². The lowest BCUT2D eigenvalue weighted by Crippen LogP contribution is -2.19. The first-order valence-electron chi connectivity index (χ1n) is 6.81. The van der Waals surface area contributed by atoms with Crippen molar-refractivity contribution in [2.75, 3.05) is 23.3 Å². The van der Waals surface area contributed by atoms with E-state index in [1.54, 1.807) is 6.20 Å². The van der Waals surface area contributed by atoms with Crippen LogP contribution in [0.1, 0.15) is 27.4 Å². The number of anilines is 2. The molecule has 1 aliphatic heterocycles. The Bertz CT molecular complexity index is 600. The molecule has 1 fully saturated rings. The van der Waals surface area contributed by atoms with Crippen LogP contribution in [0, 0.1) is 6.92 Å². The number of pyridine rings is 1. The number of carbonyl (C=O) groups excluding carboxylic acids is 1. The van der Waals surface area contributed by atoms with Crippen LogP contribution in [0.5, 0.6) is 0 Å². The normalized spacial score (nSPS) is 14.6. The molecule has 20 heavy (non-hydrogen) atoms. The molecule has 1 amide bonds. The summed E-state index contributed by atoms with van der Waals surface area (Å²) < 4.78 is 0. The lowest BCUT2D eigenvalue weighted by Gasteiger charge is -2.16. The van der Waals surface area contributed by atoms with Gasteiger partial charge in [-0.3, -0.25) is 4.79 Å². The monoisotopic (exact) mass is 287 g/mol. The highest BCUT2D eigenvalue weighted by atomic mass is 32.1. The second-order valence-electron chi connectivity index (χ2n) is 4.96. The molecule has 0 aliphatic carbocycles. The minimum Gasteiger partial charge on any atom is -0.357 e. The van der Waals surface area contributed by atoms with E-state index >= 15 is 0 Å². The lowest BCUT2D eigenvalue weighted by atomic mass is 10.3. The van der Waals surface area contributed by atoms with Gasteiger partial charge in [-0.25, -0.2) is 4.98 Å². The van der Waals surface area contributed by atoms with Gasteiger partial charge < -0.3 is 10.2 Å². The third kappa shape index (κ3) is 2.82. The summed E-state index contributed by atoms with van der Waals surface area (Å²) in [6.07, 6.45) is 4.20. The largest absolute Gasteiger partial charge is 0.357 e. The summed E-state index contributed by atoms with van der Waals surface area (Å²) in [4.78, 5) is 20.6. The molecule has 5 heteroatoms. The number of hydrogen-bond donors (Lipinski definition) is 1. The number of aromatic nitrogens is 1. The van der Waals surface area contributed by atoms with Crippen molar-refractivity contribution in [1.82, 2.24) is 4.98 Å². The summed E-state index contributed by atoms with van der Waals surface area (Å²) in [6, 6.07) is 7.69. The highest BCUT2D eigenvalue weighted by Gasteiger charge is 2.13. The zero-order chi connectivity index (χ0) is 13.9. The second kappa shape index (κ2) is 5.63. The quantitative estimate of drug-likeness (QED) is 0.942. The molecule has 0 unspecified atom stereocenters. The number of thiophene rings is 1. The van der Waals surface area contributed by atoms with E-state index < -0.39 is 0 Å². The van der Waals surface area contributed by atoms with Gasteiger partial charge in [0, 0.05) is 18.0 Å². The van der Waals surface area contributed by atoms with Gasteiger partial charge >= 0.3 is 0 Å². The van der Waals surface area contributed by atoms with Gasteiger partial charge in [0.2, 0.25) is 0 Å². The van der Waals surface area contributed by atoms with Crippen LogP contribution < -0.4 is 10.2 Å². The Kier molecular flexibility index (Phi) is 3.69. The SMILES string of the molecule is Cc1ccc(C(=O)Nc2ccc(N3CCCC3)nc2)s1. The zero-order valence-electron chi connectivity index (χ0n) is 11.4. The van der Waals surface area contributed by atoms with Crippen molar-refractivity contribution in [1.29, 1.82) is 0 Å². The van der Waals surface area contributed by atoms with E-state index in [1.165, 1.54) is 24.2 Å². The average molecular weight is 287 g/mol. The Balaban J connectivity index is 1.67. The molecule has 1 saturated heterocycles. The molecule has 0 radical (unpaired) electrons. The van der Waals surface area contributed by atoms with Crippen LogP contribution in [0.25, 0.3) is 0 Å². The van der Waals surface area contributed by atoms with Gasteiger partial charge in [0.1, 0.15) is 5.82 Å². The van der Waals surface area contributed by atoms with Crippen LogP contribution in [0.4, 0.5) is 11.5 Å². The van der Waals surface area contributed by atoms with Crippen LogP contribution in [0.2, 0.25) is 0 Å². The Labute approximate surface area is 122 Å². The molecular formula is C15H17N3OS. The minimum absolute atomic E-state index is 0.0705.